The molecule has 0 heterocycles. The highest BCUT2D eigenvalue weighted by atomic mass is 16.3. The van der Waals surface area contributed by atoms with E-state index >= 15 is 0 Å². The van der Waals surface area contributed by atoms with Crippen LogP contribution in [0.15, 0.2) is 12.1 Å². The van der Waals surface area contributed by atoms with Gasteiger partial charge in [0.15, 0.2) is 0 Å². The number of benzene rings is 1. The maximum Gasteiger partial charge on any atom is 0.224 e. The van der Waals surface area contributed by atoms with Crippen molar-refractivity contribution in [3.8, 4) is 5.75 Å². The topological polar surface area (TPSA) is 75.4 Å². The second-order valence-electron chi connectivity index (χ2n) is 5.89. The van der Waals surface area contributed by atoms with Crippen LogP contribution in [0.3, 0.4) is 0 Å². The Hall–Kier alpha value is -1.55. The number of hydrogen-bond acceptors (Lipinski definition) is 3. The third kappa shape index (κ3) is 4.53. The van der Waals surface area contributed by atoms with Crippen molar-refractivity contribution >= 4 is 11.6 Å². The second-order valence-corrected chi connectivity index (χ2v) is 5.89. The van der Waals surface area contributed by atoms with E-state index in [9.17, 15) is 9.90 Å². The van der Waals surface area contributed by atoms with Crippen molar-refractivity contribution in [2.45, 2.75) is 40.5 Å². The van der Waals surface area contributed by atoms with Gasteiger partial charge in [0.1, 0.15) is 5.75 Å². The van der Waals surface area contributed by atoms with Crippen LogP contribution in [0.4, 0.5) is 5.69 Å². The van der Waals surface area contributed by atoms with E-state index in [0.29, 0.717) is 30.1 Å². The number of anilines is 1. The molecule has 0 unspecified atom stereocenters. The molecule has 1 aromatic rings. The molecule has 0 saturated heterocycles. The quantitative estimate of drug-likeness (QED) is 0.749. The molecule has 1 aromatic carbocycles. The first kappa shape index (κ1) is 16.5. The zero-order chi connectivity index (χ0) is 15.3. The molecule has 4 heteroatoms. The van der Waals surface area contributed by atoms with Gasteiger partial charge in [-0.15, -0.1) is 0 Å². The average Bonchev–Trinajstić information content (AvgIpc) is 2.38. The molecule has 112 valence electrons. The van der Waals surface area contributed by atoms with Gasteiger partial charge in [-0.05, 0) is 50.3 Å². The summed E-state index contributed by atoms with van der Waals surface area (Å²) >= 11 is 0. The first-order valence-corrected chi connectivity index (χ1v) is 7.14. The summed E-state index contributed by atoms with van der Waals surface area (Å²) in [7, 11) is 0. The number of rotatable bonds is 6. The van der Waals surface area contributed by atoms with Crippen LogP contribution in [0.25, 0.3) is 0 Å². The number of phenols is 1. The molecule has 0 aliphatic carbocycles. The van der Waals surface area contributed by atoms with Crippen LogP contribution < -0.4 is 11.1 Å². The van der Waals surface area contributed by atoms with Gasteiger partial charge in [0.2, 0.25) is 5.91 Å². The Balaban J connectivity index is 2.69. The monoisotopic (exact) mass is 278 g/mol. The minimum atomic E-state index is -0.0487. The molecule has 0 aromatic heterocycles. The molecular formula is C16H26N2O2. The Kier molecular flexibility index (Phi) is 6.02. The molecule has 0 bridgehead atoms. The summed E-state index contributed by atoms with van der Waals surface area (Å²) in [4.78, 5) is 12.1. The number of amides is 1. The van der Waals surface area contributed by atoms with Crippen molar-refractivity contribution in [2.75, 3.05) is 11.9 Å². The maximum atomic E-state index is 12.1. The van der Waals surface area contributed by atoms with Gasteiger partial charge in [-0.25, -0.2) is 0 Å². The predicted octanol–water partition coefficient (Wildman–Crippen LogP) is 2.96. The number of carbonyl (C=O) groups is 1. The molecule has 20 heavy (non-hydrogen) atoms. The number of aryl methyl sites for hydroxylation is 1. The zero-order valence-electron chi connectivity index (χ0n) is 12.9. The predicted molar refractivity (Wildman–Crippen MR) is 82.8 cm³/mol. The van der Waals surface area contributed by atoms with E-state index in [0.717, 1.165) is 12.0 Å². The number of hydrogen-bond donors (Lipinski definition) is 3. The highest BCUT2D eigenvalue weighted by Crippen LogP contribution is 2.28. The lowest BCUT2D eigenvalue weighted by atomic mass is 9.94. The first-order valence-electron chi connectivity index (χ1n) is 7.14. The zero-order valence-corrected chi connectivity index (χ0v) is 12.9. The standard InChI is InChI=1S/C16H26N2O2/c1-10(2)7-13(9-17)8-15(19)18-14-6-5-11(3)16(20)12(14)4/h5-6,10,13,20H,7-9,17H2,1-4H3,(H,18,19)/t13-/m0/s1. The van der Waals surface area contributed by atoms with Crippen molar-refractivity contribution in [3.63, 3.8) is 0 Å². The van der Waals surface area contributed by atoms with Gasteiger partial charge in [-0.2, -0.15) is 0 Å². The van der Waals surface area contributed by atoms with Gasteiger partial charge >= 0.3 is 0 Å². The molecule has 4 N–H and O–H groups in total. The molecule has 0 radical (unpaired) electrons. The molecule has 4 nitrogen and oxygen atoms in total. The molecule has 1 amide bonds. The summed E-state index contributed by atoms with van der Waals surface area (Å²) in [6.07, 6.45) is 1.37. The second kappa shape index (κ2) is 7.29. The Morgan fingerprint density at radius 1 is 1.35 bits per heavy atom. The van der Waals surface area contributed by atoms with Crippen LogP contribution in [0.1, 0.15) is 37.8 Å². The normalized spacial score (nSPS) is 12.5. The smallest absolute Gasteiger partial charge is 0.224 e. The summed E-state index contributed by atoms with van der Waals surface area (Å²) < 4.78 is 0. The summed E-state index contributed by atoms with van der Waals surface area (Å²) in [6, 6.07) is 3.62. The third-order valence-electron chi connectivity index (χ3n) is 3.52. The Morgan fingerprint density at radius 3 is 2.55 bits per heavy atom. The Morgan fingerprint density at radius 2 is 2.00 bits per heavy atom. The molecule has 0 saturated carbocycles. The van der Waals surface area contributed by atoms with E-state index in [1.54, 1.807) is 13.0 Å². The van der Waals surface area contributed by atoms with Crippen LogP contribution in [-0.4, -0.2) is 17.6 Å². The van der Waals surface area contributed by atoms with Crippen LogP contribution in [0.5, 0.6) is 5.75 Å². The fraction of sp³-hybridized carbons (Fsp3) is 0.562. The number of aromatic hydroxyl groups is 1. The minimum absolute atomic E-state index is 0.0487. The van der Waals surface area contributed by atoms with E-state index in [2.05, 4.69) is 19.2 Å². The lowest BCUT2D eigenvalue weighted by molar-refractivity contribution is -0.117. The number of nitrogens with two attached hydrogens (primary N) is 1. The summed E-state index contributed by atoms with van der Waals surface area (Å²) in [5.74, 6) is 0.920. The molecule has 0 aliphatic rings. The SMILES string of the molecule is Cc1ccc(NC(=O)C[C@@H](CN)CC(C)C)c(C)c1O. The Labute approximate surface area is 121 Å². The van der Waals surface area contributed by atoms with Crippen LogP contribution in [0.2, 0.25) is 0 Å². The van der Waals surface area contributed by atoms with E-state index in [1.165, 1.54) is 0 Å². The van der Waals surface area contributed by atoms with E-state index in [4.69, 9.17) is 5.73 Å². The van der Waals surface area contributed by atoms with Gasteiger partial charge in [0, 0.05) is 17.7 Å². The number of carbonyl (C=O) groups excluding carboxylic acids is 1. The maximum absolute atomic E-state index is 12.1. The number of nitrogens with one attached hydrogen (secondary N) is 1. The van der Waals surface area contributed by atoms with Crippen molar-refractivity contribution < 1.29 is 9.90 Å². The van der Waals surface area contributed by atoms with Gasteiger partial charge < -0.3 is 16.2 Å². The van der Waals surface area contributed by atoms with Crippen molar-refractivity contribution in [2.24, 2.45) is 17.6 Å². The van der Waals surface area contributed by atoms with Gasteiger partial charge in [0.05, 0.1) is 0 Å². The molecule has 0 aliphatic heterocycles. The highest BCUT2D eigenvalue weighted by molar-refractivity contribution is 5.92. The van der Waals surface area contributed by atoms with Crippen LogP contribution in [-0.2, 0) is 4.79 Å². The Bertz CT molecular complexity index is 470. The molecule has 1 rings (SSSR count). The van der Waals surface area contributed by atoms with Crippen LogP contribution >= 0.6 is 0 Å². The number of phenolic OH excluding ortho intramolecular Hbond substituents is 1. The molecule has 1 atom stereocenters. The summed E-state index contributed by atoms with van der Waals surface area (Å²) in [6.45, 7) is 8.41. The largest absolute Gasteiger partial charge is 0.507 e. The first-order chi connectivity index (χ1) is 9.35. The van der Waals surface area contributed by atoms with Crippen molar-refractivity contribution in [1.82, 2.24) is 0 Å². The fourth-order valence-corrected chi connectivity index (χ4v) is 2.36. The third-order valence-corrected chi connectivity index (χ3v) is 3.52. The van der Waals surface area contributed by atoms with Crippen LogP contribution in [0, 0.1) is 25.7 Å². The van der Waals surface area contributed by atoms with Crippen molar-refractivity contribution in [1.29, 1.82) is 0 Å². The van der Waals surface area contributed by atoms with Gasteiger partial charge in [-0.1, -0.05) is 19.9 Å². The van der Waals surface area contributed by atoms with Crippen molar-refractivity contribution in [3.05, 3.63) is 23.3 Å². The lowest BCUT2D eigenvalue weighted by Gasteiger charge is -2.17. The summed E-state index contributed by atoms with van der Waals surface area (Å²) in [5, 5.41) is 12.7. The fourth-order valence-electron chi connectivity index (χ4n) is 2.36. The van der Waals surface area contributed by atoms with Gasteiger partial charge in [0.25, 0.3) is 0 Å². The minimum Gasteiger partial charge on any atom is -0.507 e. The average molecular weight is 278 g/mol. The van der Waals surface area contributed by atoms with Gasteiger partial charge in [-0.3, -0.25) is 4.79 Å². The van der Waals surface area contributed by atoms with E-state index in [1.807, 2.05) is 13.0 Å². The highest BCUT2D eigenvalue weighted by Gasteiger charge is 2.15. The van der Waals surface area contributed by atoms with E-state index in [-0.39, 0.29) is 17.6 Å². The lowest BCUT2D eigenvalue weighted by Crippen LogP contribution is -2.23. The molecule has 0 fully saturated rings. The summed E-state index contributed by atoms with van der Waals surface area (Å²) in [5.41, 5.74) is 7.89. The molecular weight excluding hydrogens is 252 g/mol. The van der Waals surface area contributed by atoms with E-state index < -0.39 is 0 Å². The molecule has 0 spiro atoms.